The fourth-order valence-electron chi connectivity index (χ4n) is 3.25. The molecule has 6 nitrogen and oxygen atoms in total. The zero-order chi connectivity index (χ0) is 16.8. The molecule has 0 saturated heterocycles. The summed E-state index contributed by atoms with van der Waals surface area (Å²) in [5, 5.41) is 9.40. The lowest BCUT2D eigenvalue weighted by Crippen LogP contribution is -2.04. The number of fused-ring (bicyclic) bond motifs is 3. The quantitative estimate of drug-likeness (QED) is 0.759. The van der Waals surface area contributed by atoms with Gasteiger partial charge in [-0.05, 0) is 24.8 Å². The highest BCUT2D eigenvalue weighted by molar-refractivity contribution is 6.00. The Kier molecular flexibility index (Phi) is 5.44. The van der Waals surface area contributed by atoms with E-state index in [0.717, 1.165) is 40.2 Å². The Morgan fingerprint density at radius 2 is 2.17 bits per heavy atom. The second-order valence-corrected chi connectivity index (χ2v) is 6.24. The first-order chi connectivity index (χ1) is 11.8. The van der Waals surface area contributed by atoms with E-state index in [1.807, 2.05) is 12.3 Å². The first-order valence-corrected chi connectivity index (χ1v) is 8.48. The highest BCUT2D eigenvalue weighted by Crippen LogP contribution is 2.25. The number of H-pyrrole nitrogens is 2. The number of aromatic amines is 2. The summed E-state index contributed by atoms with van der Waals surface area (Å²) in [7, 11) is 1.65. The lowest BCUT2D eigenvalue weighted by molar-refractivity contribution is 0.179. The van der Waals surface area contributed by atoms with Gasteiger partial charge in [-0.25, -0.2) is 9.97 Å². The van der Waals surface area contributed by atoms with Crippen LogP contribution in [0.5, 0.6) is 0 Å². The number of methoxy groups -OCH3 is 1. The van der Waals surface area contributed by atoms with E-state index in [1.165, 1.54) is 32.1 Å². The van der Waals surface area contributed by atoms with E-state index >= 15 is 0 Å². The van der Waals surface area contributed by atoms with Crippen LogP contribution in [-0.2, 0) is 11.3 Å². The predicted molar refractivity (Wildman–Crippen MR) is 93.3 cm³/mol. The van der Waals surface area contributed by atoms with Crippen molar-refractivity contribution < 1.29 is 4.74 Å². The van der Waals surface area contributed by atoms with E-state index in [2.05, 4.69) is 26.0 Å². The fourth-order valence-corrected chi connectivity index (χ4v) is 3.25. The predicted octanol–water partition coefficient (Wildman–Crippen LogP) is 4.07. The average molecular weight is 325 g/mol. The molecule has 1 fully saturated rings. The minimum Gasteiger partial charge on any atom is -0.377 e. The minimum absolute atomic E-state index is 0.487. The van der Waals surface area contributed by atoms with Gasteiger partial charge in [0.05, 0.1) is 17.8 Å². The SMILES string of the molecule is COCc1nc2c(cnc3[nH]ccc32)[nH]1.N#CCC1CCCCC1. The molecule has 1 saturated carbocycles. The van der Waals surface area contributed by atoms with Crippen LogP contribution in [0.4, 0.5) is 0 Å². The molecule has 0 amide bonds. The van der Waals surface area contributed by atoms with Crippen molar-refractivity contribution in [2.75, 3.05) is 7.11 Å². The summed E-state index contributed by atoms with van der Waals surface area (Å²) in [6, 6.07) is 4.21. The number of hydrogen-bond donors (Lipinski definition) is 2. The number of hydrogen-bond acceptors (Lipinski definition) is 4. The van der Waals surface area contributed by atoms with Gasteiger partial charge in [0, 0.05) is 25.1 Å². The first-order valence-electron chi connectivity index (χ1n) is 8.48. The molecule has 3 heterocycles. The summed E-state index contributed by atoms with van der Waals surface area (Å²) in [5.74, 6) is 1.56. The summed E-state index contributed by atoms with van der Waals surface area (Å²) in [4.78, 5) is 15.0. The topological polar surface area (TPSA) is 90.4 Å². The molecule has 3 aromatic rings. The van der Waals surface area contributed by atoms with Crippen LogP contribution in [0.1, 0.15) is 44.3 Å². The van der Waals surface area contributed by atoms with Gasteiger partial charge in [0.2, 0.25) is 0 Å². The van der Waals surface area contributed by atoms with E-state index < -0.39 is 0 Å². The largest absolute Gasteiger partial charge is 0.377 e. The number of aromatic nitrogens is 4. The zero-order valence-electron chi connectivity index (χ0n) is 14.0. The number of nitrogens with zero attached hydrogens (tertiary/aromatic N) is 3. The minimum atomic E-state index is 0.487. The monoisotopic (exact) mass is 325 g/mol. The van der Waals surface area contributed by atoms with Crippen LogP contribution in [0.25, 0.3) is 22.1 Å². The maximum Gasteiger partial charge on any atom is 0.139 e. The van der Waals surface area contributed by atoms with Crippen LogP contribution >= 0.6 is 0 Å². The lowest BCUT2D eigenvalue weighted by atomic mass is 9.87. The van der Waals surface area contributed by atoms with Gasteiger partial charge in [-0.2, -0.15) is 5.26 Å². The van der Waals surface area contributed by atoms with Crippen LogP contribution in [0.2, 0.25) is 0 Å². The Morgan fingerprint density at radius 1 is 1.33 bits per heavy atom. The molecule has 24 heavy (non-hydrogen) atoms. The van der Waals surface area contributed by atoms with Crippen LogP contribution in [0, 0.1) is 17.2 Å². The van der Waals surface area contributed by atoms with Crippen LogP contribution in [0.15, 0.2) is 18.5 Å². The Bertz CT molecular complexity index is 823. The maximum absolute atomic E-state index is 8.37. The van der Waals surface area contributed by atoms with Gasteiger partial charge in [0.15, 0.2) is 0 Å². The molecule has 0 radical (unpaired) electrons. The number of imidazole rings is 1. The third kappa shape index (κ3) is 3.74. The summed E-state index contributed by atoms with van der Waals surface area (Å²) < 4.78 is 5.03. The summed E-state index contributed by atoms with van der Waals surface area (Å²) in [5.41, 5.74) is 2.74. The zero-order valence-corrected chi connectivity index (χ0v) is 14.0. The van der Waals surface area contributed by atoms with Crippen LogP contribution < -0.4 is 0 Å². The van der Waals surface area contributed by atoms with E-state index in [1.54, 1.807) is 13.3 Å². The van der Waals surface area contributed by atoms with E-state index in [0.29, 0.717) is 6.61 Å². The third-order valence-corrected chi connectivity index (χ3v) is 4.47. The van der Waals surface area contributed by atoms with Crippen molar-refractivity contribution in [1.82, 2.24) is 19.9 Å². The number of rotatable bonds is 3. The van der Waals surface area contributed by atoms with Gasteiger partial charge >= 0.3 is 0 Å². The molecule has 0 bridgehead atoms. The molecule has 0 aliphatic heterocycles. The van der Waals surface area contributed by atoms with Crippen molar-refractivity contribution in [3.63, 3.8) is 0 Å². The summed E-state index contributed by atoms with van der Waals surface area (Å²) >= 11 is 0. The third-order valence-electron chi connectivity index (χ3n) is 4.47. The van der Waals surface area contributed by atoms with Crippen molar-refractivity contribution in [1.29, 1.82) is 5.26 Å². The average Bonchev–Trinajstić information content (AvgIpc) is 3.22. The molecule has 0 spiro atoms. The molecule has 126 valence electrons. The molecule has 0 unspecified atom stereocenters. The van der Waals surface area contributed by atoms with Crippen LogP contribution in [0.3, 0.4) is 0 Å². The van der Waals surface area contributed by atoms with Crippen LogP contribution in [-0.4, -0.2) is 27.0 Å². The van der Waals surface area contributed by atoms with Gasteiger partial charge in [-0.15, -0.1) is 0 Å². The van der Waals surface area contributed by atoms with Gasteiger partial charge in [0.25, 0.3) is 0 Å². The van der Waals surface area contributed by atoms with Gasteiger partial charge < -0.3 is 14.7 Å². The Balaban J connectivity index is 0.000000162. The second kappa shape index (κ2) is 7.93. The molecule has 1 aliphatic rings. The normalized spacial score (nSPS) is 15.2. The molecule has 3 aromatic heterocycles. The number of nitrogens with one attached hydrogen (secondary N) is 2. The smallest absolute Gasteiger partial charge is 0.139 e. The van der Waals surface area contributed by atoms with Gasteiger partial charge in [0.1, 0.15) is 23.6 Å². The standard InChI is InChI=1S/C10H10N4O.C8H13N/c1-15-5-8-13-7-4-12-10-6(2-3-11-10)9(7)14-8;9-7-6-8-4-2-1-3-5-8/h2-4H,5H2,1H3,(H,11,12)(H,13,14);8H,1-6H2. The highest BCUT2D eigenvalue weighted by Gasteiger charge is 2.11. The van der Waals surface area contributed by atoms with E-state index in [9.17, 15) is 0 Å². The molecule has 0 atom stereocenters. The van der Waals surface area contributed by atoms with Crippen molar-refractivity contribution in [3.8, 4) is 6.07 Å². The van der Waals surface area contributed by atoms with E-state index in [4.69, 9.17) is 10.00 Å². The number of nitriles is 1. The van der Waals surface area contributed by atoms with Crippen molar-refractivity contribution in [3.05, 3.63) is 24.3 Å². The molecule has 6 heteroatoms. The molecular weight excluding hydrogens is 302 g/mol. The number of pyridine rings is 1. The van der Waals surface area contributed by atoms with Crippen molar-refractivity contribution in [2.45, 2.75) is 45.1 Å². The van der Waals surface area contributed by atoms with Gasteiger partial charge in [-0.1, -0.05) is 19.3 Å². The molecule has 2 N–H and O–H groups in total. The Labute approximate surface area is 141 Å². The molecule has 0 aromatic carbocycles. The maximum atomic E-state index is 8.37. The Morgan fingerprint density at radius 3 is 2.92 bits per heavy atom. The lowest BCUT2D eigenvalue weighted by Gasteiger charge is -2.17. The van der Waals surface area contributed by atoms with Crippen molar-refractivity contribution >= 4 is 22.1 Å². The molecular formula is C18H23N5O. The summed E-state index contributed by atoms with van der Waals surface area (Å²) in [6.45, 7) is 0.487. The Hall–Kier alpha value is -2.39. The molecule has 4 rings (SSSR count). The first kappa shape index (κ1) is 16.5. The second-order valence-electron chi connectivity index (χ2n) is 6.24. The summed E-state index contributed by atoms with van der Waals surface area (Å²) in [6.07, 6.45) is 11.1. The number of ether oxygens (including phenoxy) is 1. The van der Waals surface area contributed by atoms with Gasteiger partial charge in [-0.3, -0.25) is 0 Å². The highest BCUT2D eigenvalue weighted by atomic mass is 16.5. The van der Waals surface area contributed by atoms with E-state index in [-0.39, 0.29) is 0 Å². The fraction of sp³-hybridized carbons (Fsp3) is 0.500. The molecule has 1 aliphatic carbocycles. The van der Waals surface area contributed by atoms with Crippen molar-refractivity contribution in [2.24, 2.45) is 5.92 Å².